The lowest BCUT2D eigenvalue weighted by molar-refractivity contribution is -0.138. The number of amidine groups is 1. The molecule has 6 nitrogen and oxygen atoms in total. The van der Waals surface area contributed by atoms with Gasteiger partial charge >= 0.3 is 5.97 Å². The Morgan fingerprint density at radius 2 is 1.88 bits per heavy atom. The molecule has 6 heteroatoms. The van der Waals surface area contributed by atoms with Gasteiger partial charge in [-0.1, -0.05) is 48.5 Å². The minimum atomic E-state index is -0.846. The van der Waals surface area contributed by atoms with E-state index in [1.54, 1.807) is 6.34 Å². The average molecular weight is 336 g/mol. The van der Waals surface area contributed by atoms with E-state index in [0.717, 1.165) is 17.9 Å². The number of carboxylic acid groups (broad SMARTS) is 1. The van der Waals surface area contributed by atoms with Crippen molar-refractivity contribution in [1.82, 2.24) is 5.32 Å². The molecule has 2 aliphatic heterocycles. The molecule has 4 rings (SSSR count). The maximum absolute atomic E-state index is 10.7. The first-order valence-corrected chi connectivity index (χ1v) is 8.11. The third-order valence-electron chi connectivity index (χ3n) is 3.91. The molecule has 0 spiro atoms. The number of benzene rings is 2. The van der Waals surface area contributed by atoms with Crippen LogP contribution in [0.4, 0.5) is 5.69 Å². The van der Waals surface area contributed by atoms with E-state index < -0.39 is 12.0 Å². The summed E-state index contributed by atoms with van der Waals surface area (Å²) in [5.41, 5.74) is 3.58. The second-order valence-electron chi connectivity index (χ2n) is 5.76. The molecular formula is C19H20N4O2. The first kappa shape index (κ1) is 16.7. The van der Waals surface area contributed by atoms with Crippen molar-refractivity contribution in [3.05, 3.63) is 65.7 Å². The average Bonchev–Trinajstić information content (AvgIpc) is 3.12. The topological polar surface area (TPSA) is 86.1 Å². The van der Waals surface area contributed by atoms with Gasteiger partial charge in [0.1, 0.15) is 11.9 Å². The van der Waals surface area contributed by atoms with Crippen molar-refractivity contribution in [2.45, 2.75) is 19.0 Å². The zero-order valence-electron chi connectivity index (χ0n) is 13.7. The third-order valence-corrected chi connectivity index (χ3v) is 3.91. The number of carboxylic acids is 1. The first-order valence-electron chi connectivity index (χ1n) is 8.11. The Morgan fingerprint density at radius 3 is 2.60 bits per heavy atom. The van der Waals surface area contributed by atoms with E-state index >= 15 is 0 Å². The largest absolute Gasteiger partial charge is 0.480 e. The lowest BCUT2D eigenvalue weighted by Gasteiger charge is -2.10. The van der Waals surface area contributed by atoms with Gasteiger partial charge in [-0.3, -0.25) is 9.98 Å². The highest BCUT2D eigenvalue weighted by atomic mass is 16.4. The molecule has 0 radical (unpaired) electrons. The SMILES string of the molecule is C1=NCc2ccccc2N1.O=C(O)C1CN=C(Cc2ccccc2)N1. The van der Waals surface area contributed by atoms with Crippen LogP contribution in [0.3, 0.4) is 0 Å². The highest BCUT2D eigenvalue weighted by Crippen LogP contribution is 2.17. The molecule has 0 aliphatic carbocycles. The van der Waals surface area contributed by atoms with Crippen molar-refractivity contribution in [3.63, 3.8) is 0 Å². The molecule has 2 aromatic rings. The van der Waals surface area contributed by atoms with E-state index in [2.05, 4.69) is 32.8 Å². The van der Waals surface area contributed by atoms with Crippen LogP contribution in [0.5, 0.6) is 0 Å². The minimum Gasteiger partial charge on any atom is -0.480 e. The van der Waals surface area contributed by atoms with Gasteiger partial charge in [0.2, 0.25) is 0 Å². The maximum atomic E-state index is 10.7. The van der Waals surface area contributed by atoms with Crippen molar-refractivity contribution < 1.29 is 9.90 Å². The summed E-state index contributed by atoms with van der Waals surface area (Å²) in [6.07, 6.45) is 2.41. The van der Waals surface area contributed by atoms with Crippen LogP contribution in [0.15, 0.2) is 64.6 Å². The molecular weight excluding hydrogens is 316 g/mol. The lowest BCUT2D eigenvalue weighted by atomic mass is 10.1. The summed E-state index contributed by atoms with van der Waals surface area (Å²) in [6.45, 7) is 1.14. The molecule has 2 aromatic carbocycles. The van der Waals surface area contributed by atoms with E-state index in [0.29, 0.717) is 13.0 Å². The van der Waals surface area contributed by atoms with Gasteiger partial charge in [0.15, 0.2) is 0 Å². The van der Waals surface area contributed by atoms with Crippen LogP contribution in [0.1, 0.15) is 11.1 Å². The second kappa shape index (κ2) is 8.10. The van der Waals surface area contributed by atoms with Crippen LogP contribution in [0.25, 0.3) is 0 Å². The predicted octanol–water partition coefficient (Wildman–Crippen LogP) is 2.32. The number of fused-ring (bicyclic) bond motifs is 1. The van der Waals surface area contributed by atoms with Crippen molar-refractivity contribution >= 4 is 23.8 Å². The highest BCUT2D eigenvalue weighted by Gasteiger charge is 2.23. The number of para-hydroxylation sites is 1. The number of hydrogen-bond donors (Lipinski definition) is 3. The number of nitrogens with zero attached hydrogens (tertiary/aromatic N) is 2. The molecule has 0 saturated carbocycles. The van der Waals surface area contributed by atoms with Crippen molar-refractivity contribution in [2.24, 2.45) is 9.98 Å². The molecule has 0 saturated heterocycles. The fourth-order valence-corrected chi connectivity index (χ4v) is 2.59. The van der Waals surface area contributed by atoms with Crippen LogP contribution < -0.4 is 10.6 Å². The number of anilines is 1. The number of rotatable bonds is 3. The van der Waals surface area contributed by atoms with Crippen LogP contribution in [-0.2, 0) is 17.8 Å². The van der Waals surface area contributed by atoms with Gasteiger partial charge in [-0.05, 0) is 17.2 Å². The van der Waals surface area contributed by atoms with Gasteiger partial charge in [0.05, 0.1) is 19.4 Å². The zero-order chi connectivity index (χ0) is 17.5. The molecule has 128 valence electrons. The maximum Gasteiger partial charge on any atom is 0.328 e. The van der Waals surface area contributed by atoms with Gasteiger partial charge in [0, 0.05) is 12.1 Å². The van der Waals surface area contributed by atoms with Crippen LogP contribution in [-0.4, -0.2) is 35.8 Å². The Balaban J connectivity index is 0.000000157. The Kier molecular flexibility index (Phi) is 5.41. The summed E-state index contributed by atoms with van der Waals surface area (Å²) in [5, 5.41) is 14.7. The Bertz CT molecular complexity index is 760. The first-order chi connectivity index (χ1) is 12.2. The monoisotopic (exact) mass is 336 g/mol. The molecule has 0 aromatic heterocycles. The van der Waals surface area contributed by atoms with Gasteiger partial charge in [-0.25, -0.2) is 4.79 Å². The lowest BCUT2D eigenvalue weighted by Crippen LogP contribution is -2.37. The molecule has 0 fully saturated rings. The zero-order valence-corrected chi connectivity index (χ0v) is 13.7. The Labute approximate surface area is 146 Å². The molecule has 2 aliphatic rings. The molecule has 25 heavy (non-hydrogen) atoms. The van der Waals surface area contributed by atoms with Crippen LogP contribution in [0.2, 0.25) is 0 Å². The Morgan fingerprint density at radius 1 is 1.12 bits per heavy atom. The number of aliphatic imine (C=N–C) groups is 2. The summed E-state index contributed by atoms with van der Waals surface area (Å²) in [4.78, 5) is 18.9. The normalized spacial score (nSPS) is 17.3. The van der Waals surface area contributed by atoms with E-state index in [-0.39, 0.29) is 0 Å². The van der Waals surface area contributed by atoms with Crippen molar-refractivity contribution in [1.29, 1.82) is 0 Å². The van der Waals surface area contributed by atoms with E-state index in [1.165, 1.54) is 11.3 Å². The molecule has 0 bridgehead atoms. The van der Waals surface area contributed by atoms with Gasteiger partial charge in [-0.2, -0.15) is 0 Å². The molecule has 3 N–H and O–H groups in total. The predicted molar refractivity (Wildman–Crippen MR) is 99.3 cm³/mol. The van der Waals surface area contributed by atoms with Crippen molar-refractivity contribution in [2.75, 3.05) is 11.9 Å². The third kappa shape index (κ3) is 4.67. The number of carbonyl (C=O) groups is 1. The highest BCUT2D eigenvalue weighted by molar-refractivity contribution is 5.91. The molecule has 1 atom stereocenters. The van der Waals surface area contributed by atoms with Gasteiger partial charge < -0.3 is 15.7 Å². The van der Waals surface area contributed by atoms with E-state index in [9.17, 15) is 4.79 Å². The fraction of sp³-hybridized carbons (Fsp3) is 0.211. The Hall–Kier alpha value is -3.15. The van der Waals surface area contributed by atoms with E-state index in [1.807, 2.05) is 42.5 Å². The molecule has 1 unspecified atom stereocenters. The molecule has 2 heterocycles. The number of nitrogens with one attached hydrogen (secondary N) is 2. The molecule has 0 amide bonds. The van der Waals surface area contributed by atoms with Gasteiger partial charge in [0.25, 0.3) is 0 Å². The standard InChI is InChI=1S/C11H12N2O2.C8H8N2/c14-11(15)9-7-12-10(13-9)6-8-4-2-1-3-5-8;1-2-4-8-7(3-1)5-9-6-10-8/h1-5,9H,6-7H2,(H,12,13)(H,14,15);1-4,6H,5H2,(H,9,10). The minimum absolute atomic E-state index is 0.331. The van der Waals surface area contributed by atoms with Crippen molar-refractivity contribution in [3.8, 4) is 0 Å². The quantitative estimate of drug-likeness (QED) is 0.803. The van der Waals surface area contributed by atoms with Crippen LogP contribution in [0, 0.1) is 0 Å². The van der Waals surface area contributed by atoms with Crippen LogP contribution >= 0.6 is 0 Å². The summed E-state index contributed by atoms with van der Waals surface area (Å²) in [5.74, 6) is -0.0876. The summed E-state index contributed by atoms with van der Waals surface area (Å²) >= 11 is 0. The van der Waals surface area contributed by atoms with Gasteiger partial charge in [-0.15, -0.1) is 0 Å². The smallest absolute Gasteiger partial charge is 0.328 e. The summed E-state index contributed by atoms with van der Waals surface area (Å²) < 4.78 is 0. The summed E-state index contributed by atoms with van der Waals surface area (Å²) in [6, 6.07) is 17.5. The summed E-state index contributed by atoms with van der Waals surface area (Å²) in [7, 11) is 0. The number of aliphatic carboxylic acids is 1. The second-order valence-corrected chi connectivity index (χ2v) is 5.76. The van der Waals surface area contributed by atoms with E-state index in [4.69, 9.17) is 5.11 Å². The number of hydrogen-bond acceptors (Lipinski definition) is 5. The fourth-order valence-electron chi connectivity index (χ4n) is 2.59.